The minimum atomic E-state index is -0.736. The van der Waals surface area contributed by atoms with Gasteiger partial charge in [-0.1, -0.05) is 30.3 Å². The van der Waals surface area contributed by atoms with Crippen LogP contribution in [-0.2, 0) is 4.79 Å². The third-order valence-electron chi connectivity index (χ3n) is 4.93. The van der Waals surface area contributed by atoms with Gasteiger partial charge in [-0.2, -0.15) is 0 Å². The molecule has 0 fully saturated rings. The molecule has 1 amide bonds. The topological polar surface area (TPSA) is 69.0 Å². The second-order valence-electron chi connectivity index (χ2n) is 6.84. The van der Waals surface area contributed by atoms with Gasteiger partial charge in [-0.05, 0) is 55.0 Å². The van der Waals surface area contributed by atoms with Gasteiger partial charge in [0.25, 0.3) is 11.7 Å². The summed E-state index contributed by atoms with van der Waals surface area (Å²) in [7, 11) is 1.51. The van der Waals surface area contributed by atoms with E-state index in [0.29, 0.717) is 29.3 Å². The van der Waals surface area contributed by atoms with Crippen molar-refractivity contribution in [2.75, 3.05) is 19.0 Å². The molecule has 1 N–H and O–H groups in total. The second-order valence-corrected chi connectivity index (χ2v) is 6.84. The van der Waals surface area contributed by atoms with Crippen LogP contribution >= 0.6 is 0 Å². The minimum absolute atomic E-state index is 0.298. The molecule has 0 aliphatic heterocycles. The number of nitrogens with one attached hydrogen (secondary N) is 1. The standard InChI is InChI=1S/C25H22N2O4/c1-3-31-19-13-11-17(12-14-19)20-16-18-8-6-7-15-27(18)23(20)24(28)25(29)26-21-9-4-5-10-22(21)30-2/h4-16H,3H2,1-2H3,(H,26,29). The maximum Gasteiger partial charge on any atom is 0.298 e. The van der Waals surface area contributed by atoms with E-state index in [4.69, 9.17) is 9.47 Å². The first-order valence-electron chi connectivity index (χ1n) is 9.94. The van der Waals surface area contributed by atoms with Crippen LogP contribution in [-0.4, -0.2) is 29.8 Å². The number of para-hydroxylation sites is 2. The molecule has 0 saturated heterocycles. The molecule has 2 aromatic carbocycles. The SMILES string of the molecule is CCOc1ccc(-c2cc3ccccn3c2C(=O)C(=O)Nc2ccccc2OC)cc1. The Morgan fingerprint density at radius 1 is 0.968 bits per heavy atom. The fourth-order valence-electron chi connectivity index (χ4n) is 3.51. The van der Waals surface area contributed by atoms with E-state index in [1.807, 2.05) is 55.5 Å². The Hall–Kier alpha value is -4.06. The van der Waals surface area contributed by atoms with E-state index >= 15 is 0 Å². The number of carbonyl (C=O) groups is 2. The molecule has 4 rings (SSSR count). The van der Waals surface area contributed by atoms with Gasteiger partial charge in [0.15, 0.2) is 0 Å². The zero-order chi connectivity index (χ0) is 21.8. The zero-order valence-electron chi connectivity index (χ0n) is 17.3. The fraction of sp³-hybridized carbons (Fsp3) is 0.120. The van der Waals surface area contributed by atoms with Crippen molar-refractivity contribution in [1.29, 1.82) is 0 Å². The molecule has 156 valence electrons. The molecule has 0 bridgehead atoms. The van der Waals surface area contributed by atoms with E-state index in [0.717, 1.165) is 16.8 Å². The van der Waals surface area contributed by atoms with E-state index in [-0.39, 0.29) is 0 Å². The smallest absolute Gasteiger partial charge is 0.298 e. The van der Waals surface area contributed by atoms with Crippen LogP contribution in [0.15, 0.2) is 79.0 Å². The third-order valence-corrected chi connectivity index (χ3v) is 4.93. The number of hydrogen-bond donors (Lipinski definition) is 1. The second kappa shape index (κ2) is 8.75. The van der Waals surface area contributed by atoms with Crippen molar-refractivity contribution in [2.45, 2.75) is 6.92 Å². The van der Waals surface area contributed by atoms with Gasteiger partial charge in [0.2, 0.25) is 0 Å². The summed E-state index contributed by atoms with van der Waals surface area (Å²) in [6, 6.07) is 21.9. The van der Waals surface area contributed by atoms with Crippen LogP contribution in [0.2, 0.25) is 0 Å². The zero-order valence-corrected chi connectivity index (χ0v) is 17.3. The molecule has 6 heteroatoms. The van der Waals surface area contributed by atoms with Crippen LogP contribution in [0.4, 0.5) is 5.69 Å². The van der Waals surface area contributed by atoms with Crippen molar-refractivity contribution in [3.05, 3.63) is 84.7 Å². The third kappa shape index (κ3) is 4.00. The highest BCUT2D eigenvalue weighted by Gasteiger charge is 2.25. The Morgan fingerprint density at radius 2 is 1.71 bits per heavy atom. The van der Waals surface area contributed by atoms with E-state index in [9.17, 15) is 9.59 Å². The first kappa shape index (κ1) is 20.2. The summed E-state index contributed by atoms with van der Waals surface area (Å²) in [4.78, 5) is 26.2. The molecule has 6 nitrogen and oxygen atoms in total. The van der Waals surface area contributed by atoms with E-state index in [1.54, 1.807) is 34.9 Å². The summed E-state index contributed by atoms with van der Waals surface area (Å²) in [5, 5.41) is 2.67. The normalized spacial score (nSPS) is 10.6. The van der Waals surface area contributed by atoms with Gasteiger partial charge in [-0.3, -0.25) is 9.59 Å². The number of aromatic nitrogens is 1. The molecule has 2 aromatic heterocycles. The molecule has 2 heterocycles. The molecule has 0 aliphatic rings. The van der Waals surface area contributed by atoms with E-state index in [2.05, 4.69) is 5.32 Å². The highest BCUT2D eigenvalue weighted by atomic mass is 16.5. The van der Waals surface area contributed by atoms with Crippen molar-refractivity contribution < 1.29 is 19.1 Å². The number of rotatable bonds is 7. The first-order chi connectivity index (χ1) is 15.1. The van der Waals surface area contributed by atoms with Gasteiger partial charge in [-0.25, -0.2) is 0 Å². The number of Topliss-reactive ketones (excluding diaryl/α,β-unsaturated/α-hetero) is 1. The molecule has 0 aliphatic carbocycles. The van der Waals surface area contributed by atoms with Crippen LogP contribution in [0.25, 0.3) is 16.6 Å². The largest absolute Gasteiger partial charge is 0.495 e. The lowest BCUT2D eigenvalue weighted by Crippen LogP contribution is -2.24. The number of fused-ring (bicyclic) bond motifs is 1. The van der Waals surface area contributed by atoms with Gasteiger partial charge in [0.05, 0.1) is 19.4 Å². The summed E-state index contributed by atoms with van der Waals surface area (Å²) < 4.78 is 12.5. The van der Waals surface area contributed by atoms with Crippen LogP contribution in [0.3, 0.4) is 0 Å². The van der Waals surface area contributed by atoms with Gasteiger partial charge in [0.1, 0.15) is 17.2 Å². The number of methoxy groups -OCH3 is 1. The molecular weight excluding hydrogens is 392 g/mol. The number of pyridine rings is 1. The summed E-state index contributed by atoms with van der Waals surface area (Å²) >= 11 is 0. The predicted octanol–water partition coefficient (Wildman–Crippen LogP) is 4.84. The van der Waals surface area contributed by atoms with Gasteiger partial charge >= 0.3 is 0 Å². The summed E-state index contributed by atoms with van der Waals surface area (Å²) in [5.41, 5.74) is 3.05. The maximum atomic E-state index is 13.3. The molecule has 0 spiro atoms. The summed E-state index contributed by atoms with van der Waals surface area (Å²) in [5.74, 6) is -0.145. The number of ketones is 1. The number of nitrogens with zero attached hydrogens (tertiary/aromatic N) is 1. The molecule has 0 radical (unpaired) electrons. The number of anilines is 1. The lowest BCUT2D eigenvalue weighted by molar-refractivity contribution is -0.112. The maximum absolute atomic E-state index is 13.3. The highest BCUT2D eigenvalue weighted by Crippen LogP contribution is 2.30. The average Bonchev–Trinajstić information content (AvgIpc) is 3.19. The lowest BCUT2D eigenvalue weighted by atomic mass is 10.0. The van der Waals surface area contributed by atoms with Crippen LogP contribution in [0.5, 0.6) is 11.5 Å². The minimum Gasteiger partial charge on any atom is -0.495 e. The van der Waals surface area contributed by atoms with Gasteiger partial charge < -0.3 is 19.2 Å². The Bertz CT molecular complexity index is 1240. The van der Waals surface area contributed by atoms with Gasteiger partial charge in [-0.15, -0.1) is 0 Å². The molecule has 31 heavy (non-hydrogen) atoms. The van der Waals surface area contributed by atoms with Gasteiger partial charge in [0, 0.05) is 17.3 Å². The quantitative estimate of drug-likeness (QED) is 0.347. The Balaban J connectivity index is 1.74. The fourth-order valence-corrected chi connectivity index (χ4v) is 3.51. The lowest BCUT2D eigenvalue weighted by Gasteiger charge is -2.11. The highest BCUT2D eigenvalue weighted by molar-refractivity contribution is 6.47. The average molecular weight is 414 g/mol. The van der Waals surface area contributed by atoms with E-state index < -0.39 is 11.7 Å². The Kier molecular flexibility index (Phi) is 5.71. The molecule has 0 atom stereocenters. The van der Waals surface area contributed by atoms with Crippen LogP contribution in [0, 0.1) is 0 Å². The first-order valence-corrected chi connectivity index (χ1v) is 9.94. The number of benzene rings is 2. The van der Waals surface area contributed by atoms with E-state index in [1.165, 1.54) is 7.11 Å². The summed E-state index contributed by atoms with van der Waals surface area (Å²) in [6.45, 7) is 2.49. The molecule has 0 saturated carbocycles. The number of ether oxygens (including phenoxy) is 2. The van der Waals surface area contributed by atoms with Crippen molar-refractivity contribution in [3.8, 4) is 22.6 Å². The number of carbonyl (C=O) groups excluding carboxylic acids is 2. The van der Waals surface area contributed by atoms with Crippen molar-refractivity contribution in [2.24, 2.45) is 0 Å². The molecule has 0 unspecified atom stereocenters. The Morgan fingerprint density at radius 3 is 2.45 bits per heavy atom. The predicted molar refractivity (Wildman–Crippen MR) is 120 cm³/mol. The van der Waals surface area contributed by atoms with Crippen molar-refractivity contribution >= 4 is 22.9 Å². The summed E-state index contributed by atoms with van der Waals surface area (Å²) in [6.07, 6.45) is 1.77. The van der Waals surface area contributed by atoms with Crippen molar-refractivity contribution in [3.63, 3.8) is 0 Å². The van der Waals surface area contributed by atoms with Crippen molar-refractivity contribution in [1.82, 2.24) is 4.40 Å². The monoisotopic (exact) mass is 414 g/mol. The molecule has 4 aromatic rings. The number of hydrogen-bond acceptors (Lipinski definition) is 4. The van der Waals surface area contributed by atoms with Crippen LogP contribution in [0.1, 0.15) is 17.4 Å². The molecular formula is C25H22N2O4. The number of amides is 1. The van der Waals surface area contributed by atoms with Crippen LogP contribution < -0.4 is 14.8 Å². The Labute approximate surface area is 180 Å².